The summed E-state index contributed by atoms with van der Waals surface area (Å²) in [6.45, 7) is 6.71. The maximum Gasteiger partial charge on any atom is 0.412 e. The van der Waals surface area contributed by atoms with Gasteiger partial charge in [0.2, 0.25) is 6.10 Å². The van der Waals surface area contributed by atoms with Crippen LogP contribution < -0.4 is 16.0 Å². The number of amides is 2. The van der Waals surface area contributed by atoms with E-state index in [9.17, 15) is 14.4 Å². The Morgan fingerprint density at radius 1 is 1.09 bits per heavy atom. The summed E-state index contributed by atoms with van der Waals surface area (Å²) in [5, 5.41) is 8.91. The van der Waals surface area contributed by atoms with E-state index in [2.05, 4.69) is 20.9 Å². The monoisotopic (exact) mass is 488 g/mol. The molecule has 1 atom stereocenters. The van der Waals surface area contributed by atoms with E-state index in [1.54, 1.807) is 57.2 Å². The van der Waals surface area contributed by atoms with Gasteiger partial charge in [-0.25, -0.2) is 14.6 Å². The molecule has 0 radical (unpaired) electrons. The Morgan fingerprint density at radius 2 is 1.79 bits per heavy atom. The van der Waals surface area contributed by atoms with E-state index in [-0.39, 0.29) is 17.2 Å². The lowest BCUT2D eigenvalue weighted by Gasteiger charge is -2.31. The number of carbonyl (C=O) groups excluding carboxylic acids is 3. The Labute approximate surface area is 203 Å². The predicted octanol–water partition coefficient (Wildman–Crippen LogP) is 4.25. The van der Waals surface area contributed by atoms with Gasteiger partial charge in [0.05, 0.1) is 16.3 Å². The fraction of sp³-hybridized carbons (Fsp3) is 0.417. The van der Waals surface area contributed by atoms with Gasteiger partial charge in [0.1, 0.15) is 11.4 Å². The fourth-order valence-electron chi connectivity index (χ4n) is 3.52. The Bertz CT molecular complexity index is 1020. The Morgan fingerprint density at radius 3 is 2.44 bits per heavy atom. The van der Waals surface area contributed by atoms with Crippen LogP contribution in [0.3, 0.4) is 0 Å². The number of halogens is 1. The second-order valence-corrected chi connectivity index (χ2v) is 9.37. The van der Waals surface area contributed by atoms with Crippen LogP contribution in [0.4, 0.5) is 16.3 Å². The number of rotatable bonds is 6. The van der Waals surface area contributed by atoms with E-state index in [1.165, 1.54) is 6.20 Å². The van der Waals surface area contributed by atoms with E-state index < -0.39 is 29.7 Å². The molecule has 2 aromatic rings. The largest absolute Gasteiger partial charge is 0.457 e. The van der Waals surface area contributed by atoms with Gasteiger partial charge < -0.3 is 20.1 Å². The number of carbonyl (C=O) groups is 3. The van der Waals surface area contributed by atoms with Gasteiger partial charge in [0.25, 0.3) is 5.91 Å². The number of para-hydroxylation sites is 1. The van der Waals surface area contributed by atoms with Crippen LogP contribution >= 0.6 is 11.6 Å². The van der Waals surface area contributed by atoms with Crippen molar-refractivity contribution >= 4 is 41.1 Å². The molecule has 1 aromatic heterocycles. The summed E-state index contributed by atoms with van der Waals surface area (Å²) in [5.74, 6) is -0.929. The molecular weight excluding hydrogens is 460 g/mol. The lowest BCUT2D eigenvalue weighted by Crippen LogP contribution is -2.44. The summed E-state index contributed by atoms with van der Waals surface area (Å²) in [4.78, 5) is 42.4. The number of hydrogen-bond donors (Lipinski definition) is 3. The number of benzene rings is 1. The molecule has 3 N–H and O–H groups in total. The number of pyridine rings is 1. The highest BCUT2D eigenvalue weighted by molar-refractivity contribution is 6.30. The average molecular weight is 489 g/mol. The van der Waals surface area contributed by atoms with Gasteiger partial charge in [-0.15, -0.1) is 0 Å². The minimum Gasteiger partial charge on any atom is -0.457 e. The third kappa shape index (κ3) is 7.43. The maximum atomic E-state index is 12.8. The SMILES string of the molecule is CC(C)(C)OC(=O)C(OC(=O)Nc1ccccc1C(=O)Nc1ccc(Cl)cn1)C1CCNCC1. The number of piperidine rings is 1. The molecule has 1 aliphatic rings. The topological polar surface area (TPSA) is 119 Å². The van der Waals surface area contributed by atoms with E-state index in [1.807, 2.05) is 0 Å². The van der Waals surface area contributed by atoms with Crippen molar-refractivity contribution in [1.29, 1.82) is 0 Å². The van der Waals surface area contributed by atoms with Gasteiger partial charge in [0, 0.05) is 12.1 Å². The van der Waals surface area contributed by atoms with Crippen molar-refractivity contribution in [2.24, 2.45) is 5.92 Å². The van der Waals surface area contributed by atoms with Crippen molar-refractivity contribution < 1.29 is 23.9 Å². The number of aromatic nitrogens is 1. The number of nitrogens with one attached hydrogen (secondary N) is 3. The third-order valence-corrected chi connectivity index (χ3v) is 5.29. The Kier molecular flexibility index (Phi) is 8.46. The molecule has 1 saturated heterocycles. The molecule has 1 fully saturated rings. The summed E-state index contributed by atoms with van der Waals surface area (Å²) < 4.78 is 11.1. The fourth-order valence-corrected chi connectivity index (χ4v) is 3.63. The number of nitrogens with zero attached hydrogens (tertiary/aromatic N) is 1. The Hall–Kier alpha value is -3.17. The quantitative estimate of drug-likeness (QED) is 0.520. The summed E-state index contributed by atoms with van der Waals surface area (Å²) >= 11 is 5.83. The zero-order chi connectivity index (χ0) is 24.7. The molecule has 182 valence electrons. The highest BCUT2D eigenvalue weighted by Crippen LogP contribution is 2.24. The van der Waals surface area contributed by atoms with E-state index in [4.69, 9.17) is 21.1 Å². The van der Waals surface area contributed by atoms with Gasteiger partial charge in [0.15, 0.2) is 0 Å². The molecule has 1 aliphatic heterocycles. The molecule has 9 nitrogen and oxygen atoms in total. The highest BCUT2D eigenvalue weighted by atomic mass is 35.5. The Balaban J connectivity index is 1.72. The van der Waals surface area contributed by atoms with Crippen LogP contribution in [-0.4, -0.2) is 47.7 Å². The minimum atomic E-state index is -1.06. The summed E-state index contributed by atoms with van der Waals surface area (Å²) in [5.41, 5.74) is -0.290. The molecule has 1 unspecified atom stereocenters. The molecule has 10 heteroatoms. The van der Waals surface area contributed by atoms with Gasteiger partial charge >= 0.3 is 12.1 Å². The number of ether oxygens (including phenoxy) is 2. The molecule has 3 rings (SSSR count). The van der Waals surface area contributed by atoms with Crippen LogP contribution in [0.15, 0.2) is 42.6 Å². The van der Waals surface area contributed by atoms with Crippen molar-refractivity contribution in [2.45, 2.75) is 45.3 Å². The first-order valence-corrected chi connectivity index (χ1v) is 11.4. The van der Waals surface area contributed by atoms with Crippen molar-refractivity contribution in [3.63, 3.8) is 0 Å². The van der Waals surface area contributed by atoms with Crippen molar-refractivity contribution in [3.05, 3.63) is 53.2 Å². The van der Waals surface area contributed by atoms with Crippen molar-refractivity contribution in [3.8, 4) is 0 Å². The number of esters is 1. The second-order valence-electron chi connectivity index (χ2n) is 8.93. The first-order chi connectivity index (χ1) is 16.1. The van der Waals surface area contributed by atoms with Crippen LogP contribution in [-0.2, 0) is 14.3 Å². The lowest BCUT2D eigenvalue weighted by atomic mass is 9.92. The molecule has 0 saturated carbocycles. The van der Waals surface area contributed by atoms with Crippen LogP contribution in [0, 0.1) is 5.92 Å². The smallest absolute Gasteiger partial charge is 0.412 e. The van der Waals surface area contributed by atoms with Gasteiger partial charge in [-0.3, -0.25) is 10.1 Å². The standard InChI is InChI=1S/C24H29ClN4O5/c1-24(2,3)34-22(31)20(15-10-12-26-13-11-15)33-23(32)28-18-7-5-4-6-17(18)21(30)29-19-9-8-16(25)14-27-19/h4-9,14-15,20,26H,10-13H2,1-3H3,(H,28,32)(H,27,29,30). The van der Waals surface area contributed by atoms with Gasteiger partial charge in [-0.2, -0.15) is 0 Å². The number of anilines is 2. The minimum absolute atomic E-state index is 0.170. The second kappa shape index (κ2) is 11.3. The van der Waals surface area contributed by atoms with E-state index in [0.29, 0.717) is 23.7 Å². The molecular formula is C24H29ClN4O5. The van der Waals surface area contributed by atoms with E-state index >= 15 is 0 Å². The molecule has 0 bridgehead atoms. The molecule has 1 aromatic carbocycles. The molecule has 0 aliphatic carbocycles. The highest BCUT2D eigenvalue weighted by Gasteiger charge is 2.36. The zero-order valence-corrected chi connectivity index (χ0v) is 20.1. The van der Waals surface area contributed by atoms with Crippen LogP contribution in [0.5, 0.6) is 0 Å². The van der Waals surface area contributed by atoms with E-state index in [0.717, 1.165) is 13.1 Å². The summed E-state index contributed by atoms with van der Waals surface area (Å²) in [6, 6.07) is 9.63. The molecule has 2 heterocycles. The van der Waals surface area contributed by atoms with Crippen LogP contribution in [0.25, 0.3) is 0 Å². The lowest BCUT2D eigenvalue weighted by molar-refractivity contribution is -0.168. The molecule has 0 spiro atoms. The van der Waals surface area contributed by atoms with Gasteiger partial charge in [-0.05, 0) is 71.0 Å². The maximum absolute atomic E-state index is 12.8. The van der Waals surface area contributed by atoms with Crippen LogP contribution in [0.2, 0.25) is 5.02 Å². The predicted molar refractivity (Wildman–Crippen MR) is 129 cm³/mol. The first-order valence-electron chi connectivity index (χ1n) is 11.1. The normalized spacial score (nSPS) is 15.2. The van der Waals surface area contributed by atoms with Crippen LogP contribution in [0.1, 0.15) is 44.0 Å². The molecule has 34 heavy (non-hydrogen) atoms. The average Bonchev–Trinajstić information content (AvgIpc) is 2.78. The zero-order valence-electron chi connectivity index (χ0n) is 19.4. The molecule has 2 amide bonds. The third-order valence-electron chi connectivity index (χ3n) is 5.06. The summed E-state index contributed by atoms with van der Waals surface area (Å²) in [6.07, 6.45) is 0.852. The van der Waals surface area contributed by atoms with Crippen molar-refractivity contribution in [1.82, 2.24) is 10.3 Å². The van der Waals surface area contributed by atoms with Crippen molar-refractivity contribution in [2.75, 3.05) is 23.7 Å². The summed E-state index contributed by atoms with van der Waals surface area (Å²) in [7, 11) is 0. The first kappa shape index (κ1) is 25.5. The van der Waals surface area contributed by atoms with Gasteiger partial charge in [-0.1, -0.05) is 23.7 Å². The number of hydrogen-bond acceptors (Lipinski definition) is 7.